The fourth-order valence-corrected chi connectivity index (χ4v) is 2.49. The number of benzene rings is 1. The molecule has 0 heterocycles. The molecule has 76 valence electrons. The number of rotatable bonds is 2. The van der Waals surface area contributed by atoms with Crippen LogP contribution in [0.4, 0.5) is 8.78 Å². The lowest BCUT2D eigenvalue weighted by Gasteiger charge is -2.10. The molecule has 0 aliphatic carbocycles. The van der Waals surface area contributed by atoms with Crippen molar-refractivity contribution in [3.8, 4) is 0 Å². The Balaban J connectivity index is 3.50. The molecule has 0 fully saturated rings. The molecule has 0 aliphatic heterocycles. The first kappa shape index (κ1) is 12.0. The van der Waals surface area contributed by atoms with Gasteiger partial charge in [0.05, 0.1) is 0 Å². The van der Waals surface area contributed by atoms with Gasteiger partial charge < -0.3 is 0 Å². The molecule has 0 aliphatic rings. The molecule has 1 aromatic carbocycles. The first-order valence-electron chi connectivity index (χ1n) is 3.72. The topological polar surface area (TPSA) is 17.1 Å². The number of carbonyl (C=O) groups is 1. The lowest BCUT2D eigenvalue weighted by atomic mass is 10.1. The van der Waals surface area contributed by atoms with E-state index in [2.05, 4.69) is 15.9 Å². The largest absolute Gasteiger partial charge is 0.294 e. The average Bonchev–Trinajstić information content (AvgIpc) is 2.07. The van der Waals surface area contributed by atoms with Crippen molar-refractivity contribution in [2.24, 2.45) is 0 Å². The Morgan fingerprint density at radius 1 is 1.50 bits per heavy atom. The monoisotopic (exact) mass is 374 g/mol. The van der Waals surface area contributed by atoms with Crippen molar-refractivity contribution in [2.45, 2.75) is 13.3 Å². The van der Waals surface area contributed by atoms with E-state index in [0.717, 1.165) is 0 Å². The van der Waals surface area contributed by atoms with Crippen molar-refractivity contribution in [1.29, 1.82) is 0 Å². The Hall–Kier alpha value is -0.0400. The van der Waals surface area contributed by atoms with Crippen LogP contribution < -0.4 is 0 Å². The summed E-state index contributed by atoms with van der Waals surface area (Å²) in [4.78, 5) is 11.2. The highest BCUT2D eigenvalue weighted by atomic mass is 127. The Bertz CT molecular complexity index is 379. The first-order chi connectivity index (χ1) is 6.45. The van der Waals surface area contributed by atoms with Crippen molar-refractivity contribution in [2.75, 3.05) is 0 Å². The number of ketones is 1. The maximum absolute atomic E-state index is 12.6. The summed E-state index contributed by atoms with van der Waals surface area (Å²) in [6.07, 6.45) is -2.64. The lowest BCUT2D eigenvalue weighted by molar-refractivity contribution is 0.0997. The zero-order valence-corrected chi connectivity index (χ0v) is 10.9. The van der Waals surface area contributed by atoms with Crippen LogP contribution in [0.15, 0.2) is 16.6 Å². The molecule has 0 saturated carbocycles. The van der Waals surface area contributed by atoms with Crippen molar-refractivity contribution >= 4 is 44.3 Å². The van der Waals surface area contributed by atoms with Crippen LogP contribution in [0.2, 0.25) is 0 Å². The summed E-state index contributed by atoms with van der Waals surface area (Å²) in [5.41, 5.74) is -0.112. The van der Waals surface area contributed by atoms with E-state index >= 15 is 0 Å². The molecule has 1 aromatic rings. The lowest BCUT2D eigenvalue weighted by Crippen LogP contribution is -2.04. The van der Waals surface area contributed by atoms with Gasteiger partial charge in [-0.1, -0.05) is 15.9 Å². The minimum Gasteiger partial charge on any atom is -0.294 e. The summed E-state index contributed by atoms with van der Waals surface area (Å²) >= 11 is 4.89. The second-order valence-corrected chi connectivity index (χ2v) is 4.69. The normalized spacial score (nSPS) is 10.7. The van der Waals surface area contributed by atoms with Crippen LogP contribution in [0.25, 0.3) is 0 Å². The van der Waals surface area contributed by atoms with E-state index in [1.165, 1.54) is 13.0 Å². The van der Waals surface area contributed by atoms with Crippen LogP contribution in [0, 0.1) is 3.57 Å². The minimum atomic E-state index is -2.64. The van der Waals surface area contributed by atoms with E-state index in [9.17, 15) is 13.6 Å². The van der Waals surface area contributed by atoms with Gasteiger partial charge in [0, 0.05) is 19.2 Å². The molecular weight excluding hydrogens is 369 g/mol. The number of halogens is 4. The molecule has 0 spiro atoms. The van der Waals surface area contributed by atoms with E-state index in [4.69, 9.17) is 0 Å². The number of Topliss-reactive ketones (excluding diaryl/α,β-unsaturated/α-hetero) is 1. The zero-order valence-electron chi connectivity index (χ0n) is 7.15. The van der Waals surface area contributed by atoms with Crippen LogP contribution >= 0.6 is 38.5 Å². The first-order valence-corrected chi connectivity index (χ1v) is 5.59. The van der Waals surface area contributed by atoms with E-state index in [0.29, 0.717) is 3.57 Å². The SMILES string of the molecule is CC(=O)c1c(I)ccc(Br)c1C(F)F. The van der Waals surface area contributed by atoms with Crippen LogP contribution in [-0.2, 0) is 0 Å². The Morgan fingerprint density at radius 3 is 2.43 bits per heavy atom. The molecule has 0 radical (unpaired) electrons. The molecule has 0 atom stereocenters. The maximum Gasteiger partial charge on any atom is 0.265 e. The van der Waals surface area contributed by atoms with Crippen LogP contribution in [0.5, 0.6) is 0 Å². The Labute approximate surface area is 102 Å². The average molecular weight is 375 g/mol. The highest BCUT2D eigenvalue weighted by Gasteiger charge is 2.21. The van der Waals surface area contributed by atoms with Gasteiger partial charge in [-0.3, -0.25) is 4.79 Å². The maximum atomic E-state index is 12.6. The number of hydrogen-bond acceptors (Lipinski definition) is 1. The predicted octanol–water partition coefficient (Wildman–Crippen LogP) is 4.19. The van der Waals surface area contributed by atoms with E-state index in [1.54, 1.807) is 6.07 Å². The Morgan fingerprint density at radius 2 is 2.07 bits per heavy atom. The van der Waals surface area contributed by atoms with Gasteiger partial charge >= 0.3 is 0 Å². The van der Waals surface area contributed by atoms with Crippen LogP contribution in [-0.4, -0.2) is 5.78 Å². The van der Waals surface area contributed by atoms with Crippen molar-refractivity contribution in [1.82, 2.24) is 0 Å². The van der Waals surface area contributed by atoms with Gasteiger partial charge in [-0.05, 0) is 41.6 Å². The minimum absolute atomic E-state index is 0.106. The highest BCUT2D eigenvalue weighted by Crippen LogP contribution is 2.33. The van der Waals surface area contributed by atoms with Gasteiger partial charge in [0.25, 0.3) is 6.43 Å². The van der Waals surface area contributed by atoms with Gasteiger partial charge in [-0.25, -0.2) is 8.78 Å². The van der Waals surface area contributed by atoms with Crippen LogP contribution in [0.1, 0.15) is 29.3 Å². The standard InChI is InChI=1S/C9H6BrF2IO/c1-4(14)7-6(13)3-2-5(10)8(7)9(11)12/h2-3,9H,1H3. The number of alkyl halides is 2. The summed E-state index contributed by atoms with van der Waals surface area (Å²) in [6, 6.07) is 3.16. The van der Waals surface area contributed by atoms with E-state index in [1.807, 2.05) is 22.6 Å². The molecule has 0 bridgehead atoms. The van der Waals surface area contributed by atoms with Crippen molar-refractivity contribution < 1.29 is 13.6 Å². The molecule has 1 nitrogen and oxygen atoms in total. The quantitative estimate of drug-likeness (QED) is 0.560. The molecule has 1 rings (SSSR count). The summed E-state index contributed by atoms with van der Waals surface area (Å²) < 4.78 is 26.1. The molecule has 14 heavy (non-hydrogen) atoms. The highest BCUT2D eigenvalue weighted by molar-refractivity contribution is 14.1. The second-order valence-electron chi connectivity index (χ2n) is 2.67. The Kier molecular flexibility index (Phi) is 4.00. The fraction of sp³-hybridized carbons (Fsp3) is 0.222. The van der Waals surface area contributed by atoms with Gasteiger partial charge in [0.2, 0.25) is 0 Å². The van der Waals surface area contributed by atoms with Crippen molar-refractivity contribution in [3.63, 3.8) is 0 Å². The fourth-order valence-electron chi connectivity index (χ4n) is 1.14. The summed E-state index contributed by atoms with van der Waals surface area (Å²) in [5.74, 6) is -0.342. The number of hydrogen-bond donors (Lipinski definition) is 0. The molecule has 5 heteroatoms. The summed E-state index contributed by atoms with van der Waals surface area (Å²) in [7, 11) is 0. The van der Waals surface area contributed by atoms with Crippen LogP contribution in [0.3, 0.4) is 0 Å². The molecule has 0 amide bonds. The zero-order chi connectivity index (χ0) is 10.9. The molecule has 0 N–H and O–H groups in total. The third-order valence-electron chi connectivity index (χ3n) is 1.71. The molecule has 0 aromatic heterocycles. The number of carbonyl (C=O) groups excluding carboxylic acids is 1. The summed E-state index contributed by atoms with van der Waals surface area (Å²) in [6.45, 7) is 1.29. The van der Waals surface area contributed by atoms with Gasteiger partial charge in [0.15, 0.2) is 5.78 Å². The molecular formula is C9H6BrF2IO. The van der Waals surface area contributed by atoms with Gasteiger partial charge in [0.1, 0.15) is 0 Å². The third kappa shape index (κ3) is 2.31. The summed E-state index contributed by atoms with van der Waals surface area (Å²) in [5, 5.41) is 0. The smallest absolute Gasteiger partial charge is 0.265 e. The molecule has 0 unspecified atom stereocenters. The molecule has 0 saturated heterocycles. The van der Waals surface area contributed by atoms with E-state index in [-0.39, 0.29) is 21.4 Å². The predicted molar refractivity (Wildman–Crippen MR) is 61.8 cm³/mol. The van der Waals surface area contributed by atoms with Crippen molar-refractivity contribution in [3.05, 3.63) is 31.3 Å². The van der Waals surface area contributed by atoms with Gasteiger partial charge in [-0.15, -0.1) is 0 Å². The second kappa shape index (κ2) is 4.65. The van der Waals surface area contributed by atoms with E-state index < -0.39 is 6.43 Å². The third-order valence-corrected chi connectivity index (χ3v) is 3.30. The van der Waals surface area contributed by atoms with Gasteiger partial charge in [-0.2, -0.15) is 0 Å².